The highest BCUT2D eigenvalue weighted by atomic mass is 35.5. The Bertz CT molecular complexity index is 822. The third kappa shape index (κ3) is 2.29. The van der Waals surface area contributed by atoms with Crippen LogP contribution in [0.25, 0.3) is 5.78 Å². The smallest absolute Gasteiger partial charge is 0.410 e. The van der Waals surface area contributed by atoms with Crippen LogP contribution >= 0.6 is 11.6 Å². The molecule has 2 fully saturated rings. The molecular weight excluding hydrogens is 322 g/mol. The standard InChI is InChI=1S/C14H14ClN5O3/c1-18-7-14(23-13(18)22)2-3-19(8-14)11(21)10-6-20-5-9(15)4-16-12(20)17-10/h4-6H,2-3,7-8H2,1H3/t14-/m1/s1. The van der Waals surface area contributed by atoms with Crippen molar-refractivity contribution in [3.8, 4) is 0 Å². The van der Waals surface area contributed by atoms with E-state index in [1.54, 1.807) is 28.7 Å². The first kappa shape index (κ1) is 14.3. The van der Waals surface area contributed by atoms with E-state index in [0.29, 0.717) is 42.5 Å². The number of nitrogens with zero attached hydrogens (tertiary/aromatic N) is 5. The molecule has 120 valence electrons. The molecule has 0 aromatic carbocycles. The van der Waals surface area contributed by atoms with Gasteiger partial charge in [-0.25, -0.2) is 14.8 Å². The van der Waals surface area contributed by atoms with Crippen molar-refractivity contribution in [2.45, 2.75) is 12.0 Å². The maximum atomic E-state index is 12.6. The molecule has 4 rings (SSSR count). The van der Waals surface area contributed by atoms with Crippen molar-refractivity contribution in [2.75, 3.05) is 26.7 Å². The van der Waals surface area contributed by atoms with E-state index < -0.39 is 5.60 Å². The highest BCUT2D eigenvalue weighted by Crippen LogP contribution is 2.32. The van der Waals surface area contributed by atoms with Crippen molar-refractivity contribution in [1.29, 1.82) is 0 Å². The zero-order chi connectivity index (χ0) is 16.2. The molecule has 9 heteroatoms. The molecule has 2 aliphatic heterocycles. The van der Waals surface area contributed by atoms with Gasteiger partial charge in [-0.15, -0.1) is 0 Å². The zero-order valence-corrected chi connectivity index (χ0v) is 13.2. The Balaban J connectivity index is 1.56. The molecule has 0 N–H and O–H groups in total. The van der Waals surface area contributed by atoms with Gasteiger partial charge in [0.25, 0.3) is 5.91 Å². The summed E-state index contributed by atoms with van der Waals surface area (Å²) >= 11 is 5.88. The predicted octanol–water partition coefficient (Wildman–Crippen LogP) is 1.05. The molecule has 8 nitrogen and oxygen atoms in total. The summed E-state index contributed by atoms with van der Waals surface area (Å²) in [7, 11) is 1.69. The topological polar surface area (TPSA) is 80.0 Å². The van der Waals surface area contributed by atoms with Gasteiger partial charge < -0.3 is 14.5 Å². The average molecular weight is 336 g/mol. The van der Waals surface area contributed by atoms with Crippen LogP contribution in [-0.4, -0.2) is 68.5 Å². The number of carbonyl (C=O) groups is 2. The van der Waals surface area contributed by atoms with E-state index >= 15 is 0 Å². The summed E-state index contributed by atoms with van der Waals surface area (Å²) in [6, 6.07) is 0. The van der Waals surface area contributed by atoms with Gasteiger partial charge in [-0.05, 0) is 0 Å². The first-order valence-electron chi connectivity index (χ1n) is 7.19. The number of hydrogen-bond acceptors (Lipinski definition) is 5. The minimum Gasteiger partial charge on any atom is -0.439 e. The minimum atomic E-state index is -0.595. The lowest BCUT2D eigenvalue weighted by Crippen LogP contribution is -2.39. The Labute approximate surface area is 136 Å². The quantitative estimate of drug-likeness (QED) is 0.778. The molecule has 1 atom stereocenters. The lowest BCUT2D eigenvalue weighted by molar-refractivity contribution is 0.0551. The Morgan fingerprint density at radius 1 is 1.39 bits per heavy atom. The van der Waals surface area contributed by atoms with Crippen molar-refractivity contribution >= 4 is 29.4 Å². The lowest BCUT2D eigenvalue weighted by atomic mass is 10.0. The summed E-state index contributed by atoms with van der Waals surface area (Å²) in [5, 5.41) is 0.468. The molecule has 0 aliphatic carbocycles. The second-order valence-electron chi connectivity index (χ2n) is 5.99. The number of rotatable bonds is 1. The predicted molar refractivity (Wildman–Crippen MR) is 80.4 cm³/mol. The summed E-state index contributed by atoms with van der Waals surface area (Å²) in [5.74, 6) is 0.216. The molecule has 2 aliphatic rings. The average Bonchev–Trinajstić information content (AvgIpc) is 3.17. The maximum Gasteiger partial charge on any atom is 0.410 e. The van der Waals surface area contributed by atoms with Gasteiger partial charge in [0.2, 0.25) is 5.78 Å². The van der Waals surface area contributed by atoms with Crippen LogP contribution in [0.15, 0.2) is 18.6 Å². The van der Waals surface area contributed by atoms with Crippen LogP contribution in [-0.2, 0) is 4.74 Å². The number of halogens is 1. The van der Waals surface area contributed by atoms with Gasteiger partial charge in [0.1, 0.15) is 5.69 Å². The highest BCUT2D eigenvalue weighted by Gasteiger charge is 2.49. The third-order valence-electron chi connectivity index (χ3n) is 4.24. The van der Waals surface area contributed by atoms with E-state index in [1.165, 1.54) is 11.1 Å². The molecule has 2 amide bonds. The summed E-state index contributed by atoms with van der Waals surface area (Å²) in [5.41, 5.74) is -0.295. The molecule has 2 aromatic heterocycles. The minimum absolute atomic E-state index is 0.200. The van der Waals surface area contributed by atoms with Gasteiger partial charge in [0.15, 0.2) is 5.60 Å². The monoisotopic (exact) mass is 335 g/mol. The Morgan fingerprint density at radius 3 is 2.96 bits per heavy atom. The van der Waals surface area contributed by atoms with Gasteiger partial charge in [0, 0.05) is 32.4 Å². The maximum absolute atomic E-state index is 12.6. The molecule has 0 saturated carbocycles. The Morgan fingerprint density at radius 2 is 2.22 bits per heavy atom. The molecule has 0 radical (unpaired) electrons. The Kier molecular flexibility index (Phi) is 2.99. The van der Waals surface area contributed by atoms with Crippen molar-refractivity contribution in [1.82, 2.24) is 24.2 Å². The molecule has 0 unspecified atom stereocenters. The van der Waals surface area contributed by atoms with E-state index in [2.05, 4.69) is 9.97 Å². The second-order valence-corrected chi connectivity index (χ2v) is 6.43. The van der Waals surface area contributed by atoms with E-state index in [9.17, 15) is 9.59 Å². The van der Waals surface area contributed by atoms with E-state index in [4.69, 9.17) is 16.3 Å². The van der Waals surface area contributed by atoms with Crippen molar-refractivity contribution in [3.63, 3.8) is 0 Å². The van der Waals surface area contributed by atoms with E-state index in [1.807, 2.05) is 0 Å². The highest BCUT2D eigenvalue weighted by molar-refractivity contribution is 6.30. The van der Waals surface area contributed by atoms with Crippen LogP contribution in [0.1, 0.15) is 16.9 Å². The molecule has 1 spiro atoms. The first-order valence-corrected chi connectivity index (χ1v) is 7.57. The largest absolute Gasteiger partial charge is 0.439 e. The number of imidazole rings is 1. The number of carbonyl (C=O) groups excluding carboxylic acids is 2. The SMILES string of the molecule is CN1C[C@@]2(CCN(C(=O)c3cn4cc(Cl)cnc4n3)C2)OC1=O. The fourth-order valence-corrected chi connectivity index (χ4v) is 3.30. The van der Waals surface area contributed by atoms with Crippen LogP contribution in [0.4, 0.5) is 4.79 Å². The van der Waals surface area contributed by atoms with Gasteiger partial charge >= 0.3 is 6.09 Å². The number of hydrogen-bond donors (Lipinski definition) is 0. The third-order valence-corrected chi connectivity index (χ3v) is 4.44. The molecular formula is C14H14ClN5O3. The number of ether oxygens (including phenoxy) is 1. The fraction of sp³-hybridized carbons (Fsp3) is 0.429. The van der Waals surface area contributed by atoms with Crippen LogP contribution in [0, 0.1) is 0 Å². The normalized spacial score (nSPS) is 24.0. The van der Waals surface area contributed by atoms with Crippen LogP contribution in [0.3, 0.4) is 0 Å². The second kappa shape index (κ2) is 4.82. The number of amides is 2. The van der Waals surface area contributed by atoms with Gasteiger partial charge in [-0.2, -0.15) is 0 Å². The number of aromatic nitrogens is 3. The van der Waals surface area contributed by atoms with Gasteiger partial charge in [-0.3, -0.25) is 9.20 Å². The Hall–Kier alpha value is -2.35. The number of likely N-dealkylation sites (N-methyl/N-ethyl adjacent to an activating group) is 1. The summed E-state index contributed by atoms with van der Waals surface area (Å²) in [6.45, 7) is 1.41. The van der Waals surface area contributed by atoms with Crippen LogP contribution in [0.2, 0.25) is 5.02 Å². The first-order chi connectivity index (χ1) is 11.0. The van der Waals surface area contributed by atoms with Crippen LogP contribution in [0.5, 0.6) is 0 Å². The lowest BCUT2D eigenvalue weighted by Gasteiger charge is -2.21. The molecule has 4 heterocycles. The van der Waals surface area contributed by atoms with Crippen molar-refractivity contribution in [3.05, 3.63) is 29.3 Å². The van der Waals surface area contributed by atoms with Crippen molar-refractivity contribution < 1.29 is 14.3 Å². The van der Waals surface area contributed by atoms with Crippen LogP contribution < -0.4 is 0 Å². The molecule has 0 bridgehead atoms. The van der Waals surface area contributed by atoms with Gasteiger partial charge in [0.05, 0.1) is 24.3 Å². The van der Waals surface area contributed by atoms with E-state index in [-0.39, 0.29) is 12.0 Å². The number of likely N-dealkylation sites (tertiary alicyclic amines) is 1. The summed E-state index contributed by atoms with van der Waals surface area (Å²) < 4.78 is 7.07. The molecule has 2 saturated heterocycles. The summed E-state index contributed by atoms with van der Waals surface area (Å²) in [4.78, 5) is 35.7. The van der Waals surface area contributed by atoms with Crippen molar-refractivity contribution in [2.24, 2.45) is 0 Å². The zero-order valence-electron chi connectivity index (χ0n) is 12.4. The van der Waals surface area contributed by atoms with E-state index in [0.717, 1.165) is 0 Å². The van der Waals surface area contributed by atoms with Gasteiger partial charge in [-0.1, -0.05) is 11.6 Å². The fourth-order valence-electron chi connectivity index (χ4n) is 3.15. The summed E-state index contributed by atoms with van der Waals surface area (Å²) in [6.07, 6.45) is 5.02. The molecule has 23 heavy (non-hydrogen) atoms. The number of fused-ring (bicyclic) bond motifs is 1. The molecule has 2 aromatic rings.